The fourth-order valence-corrected chi connectivity index (χ4v) is 2.78. The largest absolute Gasteiger partial charge is 0.502 e. The number of esters is 1. The molecular weight excluding hydrogens is 452 g/mol. The number of aryl methyl sites for hydroxylation is 1. The molecule has 29 heavy (non-hydrogen) atoms. The first-order valence-corrected chi connectivity index (χ1v) is 9.14. The molecule has 6 nitrogen and oxygen atoms in total. The van der Waals surface area contributed by atoms with Gasteiger partial charge >= 0.3 is 5.97 Å². The first kappa shape index (κ1) is 22.4. The zero-order valence-electron chi connectivity index (χ0n) is 15.6. The van der Waals surface area contributed by atoms with Crippen LogP contribution in [0.15, 0.2) is 57.5 Å². The van der Waals surface area contributed by atoms with Gasteiger partial charge in [0.2, 0.25) is 5.76 Å². The van der Waals surface area contributed by atoms with E-state index >= 15 is 0 Å². The number of benzene rings is 1. The average Bonchev–Trinajstić information content (AvgIpc) is 2.69. The van der Waals surface area contributed by atoms with Crippen LogP contribution in [0.1, 0.15) is 11.3 Å². The van der Waals surface area contributed by atoms with Crippen molar-refractivity contribution in [2.75, 3.05) is 7.11 Å². The number of halogens is 3. The fraction of sp³-hybridized carbons (Fsp3) is 0.200. The molecule has 2 rings (SSSR count). The maximum Gasteiger partial charge on any atom is 0.373 e. The molecule has 1 heterocycles. The van der Waals surface area contributed by atoms with Crippen LogP contribution in [-0.2, 0) is 22.7 Å². The summed E-state index contributed by atoms with van der Waals surface area (Å²) in [6, 6.07) is 4.76. The SMILES string of the molecule is COC(=O)/C(O)=C/C=C\Cn1c(C)cc(OCc2ccc(F)cc2F)c(Br)c1=O. The summed E-state index contributed by atoms with van der Waals surface area (Å²) in [6.45, 7) is 1.68. The second-order valence-corrected chi connectivity index (χ2v) is 6.67. The second-order valence-electron chi connectivity index (χ2n) is 5.88. The van der Waals surface area contributed by atoms with Gasteiger partial charge in [0, 0.05) is 29.9 Å². The van der Waals surface area contributed by atoms with Crippen LogP contribution in [0.5, 0.6) is 5.75 Å². The van der Waals surface area contributed by atoms with Gasteiger partial charge in [0.05, 0.1) is 7.11 Å². The Morgan fingerprint density at radius 1 is 1.31 bits per heavy atom. The quantitative estimate of drug-likeness (QED) is 0.287. The molecule has 0 radical (unpaired) electrons. The van der Waals surface area contributed by atoms with E-state index in [0.29, 0.717) is 5.69 Å². The van der Waals surface area contributed by atoms with Crippen molar-refractivity contribution in [1.29, 1.82) is 0 Å². The molecule has 0 aliphatic carbocycles. The molecule has 2 aromatic rings. The minimum atomic E-state index is -0.871. The van der Waals surface area contributed by atoms with E-state index in [1.165, 1.54) is 16.7 Å². The van der Waals surface area contributed by atoms with Gasteiger partial charge in [-0.15, -0.1) is 0 Å². The molecule has 1 aromatic carbocycles. The number of rotatable bonds is 7. The number of methoxy groups -OCH3 is 1. The van der Waals surface area contributed by atoms with E-state index in [1.807, 2.05) is 0 Å². The first-order chi connectivity index (χ1) is 13.7. The van der Waals surface area contributed by atoms with Gasteiger partial charge in [0.1, 0.15) is 28.5 Å². The van der Waals surface area contributed by atoms with Crippen LogP contribution in [0, 0.1) is 18.6 Å². The van der Waals surface area contributed by atoms with Crippen LogP contribution in [0.3, 0.4) is 0 Å². The van der Waals surface area contributed by atoms with E-state index in [-0.39, 0.29) is 34.5 Å². The smallest absolute Gasteiger partial charge is 0.373 e. The highest BCUT2D eigenvalue weighted by molar-refractivity contribution is 9.10. The molecule has 0 saturated heterocycles. The molecule has 0 fully saturated rings. The molecule has 0 atom stereocenters. The Morgan fingerprint density at radius 3 is 2.69 bits per heavy atom. The number of allylic oxidation sites excluding steroid dienone is 3. The highest BCUT2D eigenvalue weighted by atomic mass is 79.9. The molecule has 0 aliphatic heterocycles. The van der Waals surface area contributed by atoms with Crippen molar-refractivity contribution in [3.8, 4) is 5.75 Å². The maximum atomic E-state index is 13.7. The number of ether oxygens (including phenoxy) is 2. The number of aromatic nitrogens is 1. The molecule has 1 aromatic heterocycles. The molecule has 9 heteroatoms. The number of hydrogen-bond acceptors (Lipinski definition) is 5. The van der Waals surface area contributed by atoms with Crippen LogP contribution in [-0.4, -0.2) is 22.8 Å². The van der Waals surface area contributed by atoms with Gasteiger partial charge in [-0.25, -0.2) is 13.6 Å². The Bertz CT molecular complexity index is 1030. The first-order valence-electron chi connectivity index (χ1n) is 8.35. The van der Waals surface area contributed by atoms with E-state index in [4.69, 9.17) is 4.74 Å². The number of aliphatic hydroxyl groups excluding tert-OH is 1. The second kappa shape index (κ2) is 10.0. The van der Waals surface area contributed by atoms with Crippen LogP contribution in [0.4, 0.5) is 8.78 Å². The van der Waals surface area contributed by atoms with Crippen LogP contribution < -0.4 is 10.3 Å². The Morgan fingerprint density at radius 2 is 2.03 bits per heavy atom. The van der Waals surface area contributed by atoms with Gasteiger partial charge in [-0.05, 0) is 41.1 Å². The summed E-state index contributed by atoms with van der Waals surface area (Å²) in [4.78, 5) is 23.6. The Balaban J connectivity index is 2.15. The molecule has 0 saturated carbocycles. The van der Waals surface area contributed by atoms with Crippen molar-refractivity contribution in [3.63, 3.8) is 0 Å². The summed E-state index contributed by atoms with van der Waals surface area (Å²) < 4.78 is 38.1. The van der Waals surface area contributed by atoms with Gasteiger partial charge in [0.25, 0.3) is 5.56 Å². The highest BCUT2D eigenvalue weighted by Gasteiger charge is 2.13. The summed E-state index contributed by atoms with van der Waals surface area (Å²) >= 11 is 3.18. The number of hydrogen-bond donors (Lipinski definition) is 1. The number of carbonyl (C=O) groups is 1. The summed E-state index contributed by atoms with van der Waals surface area (Å²) in [5.41, 5.74) is 0.337. The van der Waals surface area contributed by atoms with Crippen molar-refractivity contribution in [1.82, 2.24) is 4.57 Å². The van der Waals surface area contributed by atoms with Crippen LogP contribution in [0.25, 0.3) is 0 Å². The third kappa shape index (κ3) is 5.77. The summed E-state index contributed by atoms with van der Waals surface area (Å²) in [7, 11) is 1.14. The predicted molar refractivity (Wildman–Crippen MR) is 106 cm³/mol. The average molecular weight is 470 g/mol. The van der Waals surface area contributed by atoms with E-state index in [2.05, 4.69) is 20.7 Å². The minimum absolute atomic E-state index is 0.145. The number of aliphatic hydroxyl groups is 1. The maximum absolute atomic E-state index is 13.7. The van der Waals surface area contributed by atoms with Gasteiger partial charge in [-0.3, -0.25) is 4.79 Å². The van der Waals surface area contributed by atoms with Crippen molar-refractivity contribution < 1.29 is 28.2 Å². The monoisotopic (exact) mass is 469 g/mol. The fourth-order valence-electron chi connectivity index (χ4n) is 2.34. The van der Waals surface area contributed by atoms with Gasteiger partial charge < -0.3 is 19.1 Å². The van der Waals surface area contributed by atoms with Gasteiger partial charge in [0.15, 0.2) is 0 Å². The van der Waals surface area contributed by atoms with Crippen LogP contribution >= 0.6 is 15.9 Å². The Kier molecular flexibility index (Phi) is 7.72. The van der Waals surface area contributed by atoms with Gasteiger partial charge in [-0.2, -0.15) is 0 Å². The Hall–Kier alpha value is -2.94. The predicted octanol–water partition coefficient (Wildman–Crippen LogP) is 3.95. The summed E-state index contributed by atoms with van der Waals surface area (Å²) in [5, 5.41) is 9.39. The normalized spacial score (nSPS) is 11.7. The summed E-state index contributed by atoms with van der Waals surface area (Å²) in [5.74, 6) is -2.64. The standard InChI is InChI=1S/C20H18BrF2NO5/c1-12-9-17(29-11-13-6-7-14(22)10-15(13)23)18(21)19(26)24(12)8-4-3-5-16(25)20(27)28-2/h3-7,9-10,25H,8,11H2,1-2H3/b4-3-,16-5-. The molecule has 0 amide bonds. The topological polar surface area (TPSA) is 77.8 Å². The lowest BCUT2D eigenvalue weighted by molar-refractivity contribution is -0.139. The molecule has 0 spiro atoms. The minimum Gasteiger partial charge on any atom is -0.502 e. The number of nitrogens with zero attached hydrogens (tertiary/aromatic N) is 1. The summed E-state index contributed by atoms with van der Waals surface area (Å²) in [6.07, 6.45) is 4.12. The molecule has 0 unspecified atom stereocenters. The molecule has 0 aliphatic rings. The van der Waals surface area contributed by atoms with Crippen molar-refractivity contribution >= 4 is 21.9 Å². The Labute approximate surface area is 173 Å². The van der Waals surface area contributed by atoms with E-state index in [9.17, 15) is 23.5 Å². The lowest BCUT2D eigenvalue weighted by atomic mass is 10.2. The van der Waals surface area contributed by atoms with E-state index < -0.39 is 23.4 Å². The van der Waals surface area contributed by atoms with Crippen molar-refractivity contribution in [2.45, 2.75) is 20.1 Å². The third-order valence-corrected chi connectivity index (χ3v) is 4.62. The number of carbonyl (C=O) groups excluding carboxylic acids is 1. The highest BCUT2D eigenvalue weighted by Crippen LogP contribution is 2.24. The molecule has 0 bridgehead atoms. The number of pyridine rings is 1. The zero-order valence-corrected chi connectivity index (χ0v) is 17.2. The van der Waals surface area contributed by atoms with E-state index in [0.717, 1.165) is 25.3 Å². The third-order valence-electron chi connectivity index (χ3n) is 3.89. The van der Waals surface area contributed by atoms with Crippen molar-refractivity contribution in [2.24, 2.45) is 0 Å². The lowest BCUT2D eigenvalue weighted by Gasteiger charge is -2.13. The lowest BCUT2D eigenvalue weighted by Crippen LogP contribution is -2.23. The molecule has 1 N–H and O–H groups in total. The van der Waals surface area contributed by atoms with Crippen LogP contribution in [0.2, 0.25) is 0 Å². The zero-order chi connectivity index (χ0) is 21.6. The van der Waals surface area contributed by atoms with Crippen molar-refractivity contribution in [3.05, 3.63) is 86.0 Å². The molecular formula is C20H18BrF2NO5. The van der Waals surface area contributed by atoms with E-state index in [1.54, 1.807) is 19.1 Å². The van der Waals surface area contributed by atoms with Gasteiger partial charge in [-0.1, -0.05) is 12.2 Å². The molecule has 154 valence electrons.